The van der Waals surface area contributed by atoms with Gasteiger partial charge in [-0.2, -0.15) is 0 Å². The molecule has 0 spiro atoms. The monoisotopic (exact) mass is 260 g/mol. The fourth-order valence-corrected chi connectivity index (χ4v) is 1.96. The van der Waals surface area contributed by atoms with E-state index in [4.69, 9.17) is 15.6 Å². The Morgan fingerprint density at radius 2 is 1.68 bits per heavy atom. The first kappa shape index (κ1) is 11.8. The molecular weight excluding hydrogens is 242 g/mol. The van der Waals surface area contributed by atoms with E-state index >= 15 is 0 Å². The van der Waals surface area contributed by atoms with Gasteiger partial charge < -0.3 is 14.2 Å². The van der Waals surface area contributed by atoms with Crippen molar-refractivity contribution in [3.8, 4) is 28.4 Å². The van der Waals surface area contributed by atoms with Gasteiger partial charge in [-0.25, -0.2) is 0 Å². The van der Waals surface area contributed by atoms with E-state index in [1.165, 1.54) is 6.20 Å². The van der Waals surface area contributed by atoms with E-state index in [0.29, 0.717) is 23.3 Å². The topological polar surface area (TPSA) is 40.6 Å². The summed E-state index contributed by atoms with van der Waals surface area (Å²) in [7, 11) is 4.72. The lowest BCUT2D eigenvalue weighted by Gasteiger charge is -2.14. The van der Waals surface area contributed by atoms with Crippen LogP contribution in [0.5, 0.6) is 17.2 Å². The van der Waals surface area contributed by atoms with Gasteiger partial charge in [-0.05, 0) is 30.7 Å². The van der Waals surface area contributed by atoms with Crippen LogP contribution in [0.15, 0.2) is 30.4 Å². The molecule has 2 rings (SSSR count). The molecule has 0 atom stereocenters. The number of hydrogen-bond acceptors (Lipinski definition) is 4. The van der Waals surface area contributed by atoms with E-state index in [-0.39, 0.29) is 0 Å². The van der Waals surface area contributed by atoms with Gasteiger partial charge in [0.15, 0.2) is 11.5 Å². The van der Waals surface area contributed by atoms with E-state index in [1.54, 1.807) is 27.4 Å². The zero-order valence-corrected chi connectivity index (χ0v) is 11.5. The Labute approximate surface area is 114 Å². The van der Waals surface area contributed by atoms with Crippen LogP contribution in [0.4, 0.5) is 0 Å². The Bertz CT molecular complexity index is 604. The van der Waals surface area contributed by atoms with Crippen LogP contribution in [-0.4, -0.2) is 26.3 Å². The zero-order chi connectivity index (χ0) is 14.7. The zero-order valence-electron chi connectivity index (χ0n) is 12.5. The van der Waals surface area contributed by atoms with Gasteiger partial charge in [0.1, 0.15) is 0 Å². The maximum atomic E-state index is 7.71. The summed E-state index contributed by atoms with van der Waals surface area (Å²) in [5.74, 6) is 1.71. The normalized spacial score (nSPS) is 10.8. The molecule has 19 heavy (non-hydrogen) atoms. The fraction of sp³-hybridized carbons (Fsp3) is 0.267. The van der Waals surface area contributed by atoms with E-state index in [9.17, 15) is 0 Å². The Balaban J connectivity index is 2.65. The van der Waals surface area contributed by atoms with Gasteiger partial charge in [-0.1, -0.05) is 6.07 Å². The second kappa shape index (κ2) is 5.61. The van der Waals surface area contributed by atoms with Gasteiger partial charge in [-0.15, -0.1) is 0 Å². The highest BCUT2D eigenvalue weighted by atomic mass is 16.5. The molecule has 2 aromatic rings. The first-order chi connectivity index (χ1) is 9.60. The highest BCUT2D eigenvalue weighted by molar-refractivity contribution is 5.72. The van der Waals surface area contributed by atoms with Crippen LogP contribution in [0.25, 0.3) is 11.1 Å². The molecular formula is C15H17NO3. The highest BCUT2D eigenvalue weighted by Crippen LogP contribution is 2.41. The Morgan fingerprint density at radius 1 is 1.05 bits per heavy atom. The quantitative estimate of drug-likeness (QED) is 0.847. The lowest BCUT2D eigenvalue weighted by atomic mass is 10.0. The van der Waals surface area contributed by atoms with Crippen LogP contribution in [0.3, 0.4) is 0 Å². The highest BCUT2D eigenvalue weighted by Gasteiger charge is 2.14. The Morgan fingerprint density at radius 3 is 2.21 bits per heavy atom. The average molecular weight is 260 g/mol. The number of ether oxygens (including phenoxy) is 3. The summed E-state index contributed by atoms with van der Waals surface area (Å²) in [4.78, 5) is 4.21. The van der Waals surface area contributed by atoms with Crippen LogP contribution in [0.2, 0.25) is 0 Å². The van der Waals surface area contributed by atoms with E-state index < -0.39 is 0 Å². The maximum absolute atomic E-state index is 7.71. The summed E-state index contributed by atoms with van der Waals surface area (Å²) in [6, 6.07) is 5.83. The summed E-state index contributed by atoms with van der Waals surface area (Å²) >= 11 is 0. The lowest BCUT2D eigenvalue weighted by Crippen LogP contribution is -1.96. The third-order valence-electron chi connectivity index (χ3n) is 2.93. The number of rotatable bonds is 4. The fourth-order valence-electron chi connectivity index (χ4n) is 1.96. The van der Waals surface area contributed by atoms with Gasteiger partial charge in [0.25, 0.3) is 0 Å². The van der Waals surface area contributed by atoms with Crippen molar-refractivity contribution in [1.29, 1.82) is 0 Å². The van der Waals surface area contributed by atoms with Crippen molar-refractivity contribution in [2.45, 2.75) is 6.92 Å². The van der Waals surface area contributed by atoms with Crippen molar-refractivity contribution in [2.24, 2.45) is 0 Å². The largest absolute Gasteiger partial charge is 0.493 e. The average Bonchev–Trinajstić information content (AvgIpc) is 2.48. The molecule has 1 aromatic heterocycles. The molecule has 1 heterocycles. The van der Waals surface area contributed by atoms with Crippen molar-refractivity contribution >= 4 is 0 Å². The molecule has 0 aliphatic carbocycles. The lowest BCUT2D eigenvalue weighted by molar-refractivity contribution is 0.324. The standard InChI is InChI=1S/C15H17NO3/c1-10-12(6-5-7-16-10)11-8-13(17-2)15(19-4)14(9-11)18-3/h5-9H,1-4H3/i5D. The number of nitrogens with zero attached hydrogens (tertiary/aromatic N) is 1. The Kier molecular flexibility index (Phi) is 3.49. The van der Waals surface area contributed by atoms with E-state index in [2.05, 4.69) is 4.98 Å². The molecule has 0 aliphatic rings. The molecule has 0 fully saturated rings. The number of aryl methyl sites for hydroxylation is 1. The first-order valence-electron chi connectivity index (χ1n) is 6.34. The molecule has 4 heteroatoms. The van der Waals surface area contributed by atoms with Crippen molar-refractivity contribution in [3.63, 3.8) is 0 Å². The van der Waals surface area contributed by atoms with Crippen molar-refractivity contribution in [1.82, 2.24) is 4.98 Å². The van der Waals surface area contributed by atoms with Gasteiger partial charge in [0, 0.05) is 17.5 Å². The minimum atomic E-state index is 0.361. The minimum absolute atomic E-state index is 0.361. The van der Waals surface area contributed by atoms with Crippen molar-refractivity contribution in [2.75, 3.05) is 21.3 Å². The Hall–Kier alpha value is -2.23. The number of aromatic nitrogens is 1. The number of methoxy groups -OCH3 is 3. The smallest absolute Gasteiger partial charge is 0.203 e. The molecule has 0 saturated heterocycles. The third-order valence-corrected chi connectivity index (χ3v) is 2.93. The summed E-state index contributed by atoms with van der Waals surface area (Å²) in [6.07, 6.45) is 1.52. The molecule has 0 N–H and O–H groups in total. The predicted octanol–water partition coefficient (Wildman–Crippen LogP) is 3.08. The van der Waals surface area contributed by atoms with Gasteiger partial charge in [0.2, 0.25) is 5.75 Å². The van der Waals surface area contributed by atoms with Gasteiger partial charge in [-0.3, -0.25) is 4.98 Å². The second-order valence-electron chi connectivity index (χ2n) is 3.98. The van der Waals surface area contributed by atoms with Crippen LogP contribution >= 0.6 is 0 Å². The molecule has 0 bridgehead atoms. The minimum Gasteiger partial charge on any atom is -0.493 e. The summed E-state index contributed by atoms with van der Waals surface area (Å²) < 4.78 is 23.7. The second-order valence-corrected chi connectivity index (χ2v) is 3.98. The molecule has 0 radical (unpaired) electrons. The maximum Gasteiger partial charge on any atom is 0.203 e. The molecule has 0 saturated carbocycles. The van der Waals surface area contributed by atoms with Crippen LogP contribution in [0, 0.1) is 6.92 Å². The van der Waals surface area contributed by atoms with Crippen molar-refractivity contribution < 1.29 is 15.6 Å². The first-order valence-corrected chi connectivity index (χ1v) is 5.84. The summed E-state index contributed by atoms with van der Waals surface area (Å²) in [5, 5.41) is 0. The molecule has 0 unspecified atom stereocenters. The van der Waals surface area contributed by atoms with Crippen molar-refractivity contribution in [3.05, 3.63) is 36.1 Å². The number of benzene rings is 1. The molecule has 100 valence electrons. The van der Waals surface area contributed by atoms with E-state index in [1.807, 2.05) is 19.1 Å². The number of pyridine rings is 1. The molecule has 0 amide bonds. The third kappa shape index (κ3) is 2.47. The van der Waals surface area contributed by atoms with E-state index in [0.717, 1.165) is 16.8 Å². The molecule has 1 aromatic carbocycles. The van der Waals surface area contributed by atoms with Crippen LogP contribution in [0.1, 0.15) is 7.06 Å². The summed E-state index contributed by atoms with van der Waals surface area (Å²) in [5.41, 5.74) is 2.59. The SMILES string of the molecule is [2H]c1cnc(C)c(-c2cc(OC)c(OC)c(OC)c2)c1. The van der Waals surface area contributed by atoms with Crippen LogP contribution < -0.4 is 14.2 Å². The molecule has 0 aliphatic heterocycles. The summed E-state index contributed by atoms with van der Waals surface area (Å²) in [6.45, 7) is 1.90. The van der Waals surface area contributed by atoms with Gasteiger partial charge in [0.05, 0.1) is 22.7 Å². The van der Waals surface area contributed by atoms with Gasteiger partial charge >= 0.3 is 0 Å². The molecule has 4 nitrogen and oxygen atoms in total. The number of hydrogen-bond donors (Lipinski definition) is 0. The predicted molar refractivity (Wildman–Crippen MR) is 74.1 cm³/mol. The van der Waals surface area contributed by atoms with Crippen LogP contribution in [-0.2, 0) is 0 Å².